The quantitative estimate of drug-likeness (QED) is 0.765. The van der Waals surface area contributed by atoms with Gasteiger partial charge in [-0.05, 0) is 24.3 Å². The lowest BCUT2D eigenvalue weighted by molar-refractivity contribution is 0.0744. The number of hydrogen-bond donors (Lipinski definition) is 1. The van der Waals surface area contributed by atoms with Crippen LogP contribution in [0, 0.1) is 11.3 Å². The van der Waals surface area contributed by atoms with Crippen LogP contribution in [0.3, 0.4) is 0 Å². The van der Waals surface area contributed by atoms with E-state index in [1.807, 2.05) is 30.3 Å². The van der Waals surface area contributed by atoms with Gasteiger partial charge in [-0.15, -0.1) is 5.10 Å². The van der Waals surface area contributed by atoms with Crippen molar-refractivity contribution in [2.75, 3.05) is 12.8 Å². The van der Waals surface area contributed by atoms with Crippen molar-refractivity contribution < 1.29 is 4.74 Å². The van der Waals surface area contributed by atoms with Gasteiger partial charge in [0.15, 0.2) is 5.82 Å². The number of nitrogen functional groups attached to an aromatic ring is 1. The Morgan fingerprint density at radius 1 is 1.15 bits per heavy atom. The second kappa shape index (κ2) is 6.72. The number of nitrogens with two attached hydrogens (primary N) is 1. The number of pyridine rings is 1. The smallest absolute Gasteiger partial charge is 0.240 e. The average molecular weight is 357 g/mol. The molecule has 3 aromatic rings. The molecule has 1 aliphatic rings. The third-order valence-electron chi connectivity index (χ3n) is 4.08. The van der Waals surface area contributed by atoms with Gasteiger partial charge in [0, 0.05) is 24.4 Å². The summed E-state index contributed by atoms with van der Waals surface area (Å²) in [5, 5.41) is 15.4. The number of hydrazone groups is 1. The van der Waals surface area contributed by atoms with Crippen LogP contribution < -0.4 is 5.73 Å². The Balaban J connectivity index is 1.70. The van der Waals surface area contributed by atoms with Crippen LogP contribution in [0.15, 0.2) is 60.0 Å². The van der Waals surface area contributed by atoms with Crippen LogP contribution >= 0.6 is 0 Å². The molecule has 0 amide bonds. The minimum absolute atomic E-state index is 0.238. The normalized spacial score (nSPS) is 15.8. The van der Waals surface area contributed by atoms with E-state index in [1.165, 1.54) is 6.20 Å². The molecule has 1 unspecified atom stereocenters. The second-order valence-corrected chi connectivity index (χ2v) is 5.85. The lowest BCUT2D eigenvalue weighted by Gasteiger charge is -2.19. The Kier molecular flexibility index (Phi) is 4.10. The summed E-state index contributed by atoms with van der Waals surface area (Å²) in [5.41, 5.74) is 8.68. The van der Waals surface area contributed by atoms with Crippen LogP contribution in [0.4, 0.5) is 5.82 Å². The molecule has 1 atom stereocenters. The van der Waals surface area contributed by atoms with E-state index in [1.54, 1.807) is 30.4 Å². The first-order valence-corrected chi connectivity index (χ1v) is 8.19. The molecule has 0 saturated carbocycles. The summed E-state index contributed by atoms with van der Waals surface area (Å²) in [6.45, 7) is 0. The topological polar surface area (TPSA) is 113 Å². The highest BCUT2D eigenvalue weighted by Gasteiger charge is 2.31. The third-order valence-corrected chi connectivity index (χ3v) is 4.08. The number of hydrogen-bond acceptors (Lipinski definition) is 8. The maximum absolute atomic E-state index is 9.28. The summed E-state index contributed by atoms with van der Waals surface area (Å²) in [5.74, 6) is 0.719. The molecule has 2 aromatic heterocycles. The zero-order valence-corrected chi connectivity index (χ0v) is 14.4. The van der Waals surface area contributed by atoms with E-state index in [4.69, 9.17) is 10.5 Å². The van der Waals surface area contributed by atoms with Crippen molar-refractivity contribution in [3.63, 3.8) is 0 Å². The fourth-order valence-electron chi connectivity index (χ4n) is 2.77. The molecule has 3 heterocycles. The van der Waals surface area contributed by atoms with Crippen LogP contribution in [0.2, 0.25) is 0 Å². The molecule has 1 aromatic carbocycles. The van der Waals surface area contributed by atoms with Gasteiger partial charge in [-0.1, -0.05) is 18.2 Å². The number of ether oxygens (including phenoxy) is 1. The molecule has 0 bridgehead atoms. The molecule has 1 aliphatic heterocycles. The summed E-state index contributed by atoms with van der Waals surface area (Å²) in [4.78, 5) is 12.9. The predicted octanol–water partition coefficient (Wildman–Crippen LogP) is 2.31. The van der Waals surface area contributed by atoms with Gasteiger partial charge in [0.25, 0.3) is 0 Å². The Morgan fingerprint density at radius 2 is 1.96 bits per heavy atom. The molecule has 0 aliphatic carbocycles. The van der Waals surface area contributed by atoms with Gasteiger partial charge in [-0.3, -0.25) is 5.01 Å². The molecular weight excluding hydrogens is 342 g/mol. The lowest BCUT2D eigenvalue weighted by Crippen LogP contribution is -2.20. The van der Waals surface area contributed by atoms with Crippen LogP contribution in [-0.4, -0.2) is 32.9 Å². The molecule has 8 heteroatoms. The number of aromatic nitrogens is 3. The summed E-state index contributed by atoms with van der Waals surface area (Å²) in [6.07, 6.45) is 2.46. The standard InChI is InChI=1S/C19H15N7O/c1-26-19(27-18(25-26)12-6-3-2-4-7-12)16-17(21)23-11-15(24-16)13-8-5-9-22-14(13)10-20/h2-9,11,19H,1H3,(H2,21,23). The molecule has 8 nitrogen and oxygen atoms in total. The molecule has 0 radical (unpaired) electrons. The summed E-state index contributed by atoms with van der Waals surface area (Å²) >= 11 is 0. The predicted molar refractivity (Wildman–Crippen MR) is 99.0 cm³/mol. The molecule has 27 heavy (non-hydrogen) atoms. The van der Waals surface area contributed by atoms with Crippen molar-refractivity contribution in [2.45, 2.75) is 6.23 Å². The number of nitrogens with zero attached hydrogens (tertiary/aromatic N) is 6. The Hall–Kier alpha value is -3.99. The van der Waals surface area contributed by atoms with Gasteiger partial charge in [-0.25, -0.2) is 15.0 Å². The summed E-state index contributed by atoms with van der Waals surface area (Å²) in [6, 6.07) is 15.1. The van der Waals surface area contributed by atoms with Crippen LogP contribution in [0.25, 0.3) is 11.3 Å². The zero-order valence-electron chi connectivity index (χ0n) is 14.4. The SMILES string of the molecule is CN1N=C(c2ccccc2)OC1c1nc(-c2cccnc2C#N)cnc1N. The fraction of sp³-hybridized carbons (Fsp3) is 0.105. The van der Waals surface area contributed by atoms with Crippen molar-refractivity contribution in [3.8, 4) is 17.3 Å². The van der Waals surface area contributed by atoms with Crippen LogP contribution in [-0.2, 0) is 4.74 Å². The highest BCUT2D eigenvalue weighted by atomic mass is 16.5. The van der Waals surface area contributed by atoms with E-state index >= 15 is 0 Å². The van der Waals surface area contributed by atoms with E-state index in [0.29, 0.717) is 22.8 Å². The zero-order chi connectivity index (χ0) is 18.8. The molecule has 132 valence electrons. The summed E-state index contributed by atoms with van der Waals surface area (Å²) in [7, 11) is 1.78. The maximum atomic E-state index is 9.28. The molecule has 0 fully saturated rings. The minimum atomic E-state index is -0.616. The summed E-state index contributed by atoms with van der Waals surface area (Å²) < 4.78 is 5.99. The van der Waals surface area contributed by atoms with Crippen molar-refractivity contribution in [3.05, 3.63) is 71.8 Å². The first-order valence-electron chi connectivity index (χ1n) is 8.19. The fourth-order valence-corrected chi connectivity index (χ4v) is 2.77. The Morgan fingerprint density at radius 3 is 2.74 bits per heavy atom. The number of nitriles is 1. The molecule has 0 spiro atoms. The van der Waals surface area contributed by atoms with Gasteiger partial charge >= 0.3 is 0 Å². The average Bonchev–Trinajstić information content (AvgIpc) is 3.10. The lowest BCUT2D eigenvalue weighted by atomic mass is 10.1. The highest BCUT2D eigenvalue weighted by Crippen LogP contribution is 2.31. The van der Waals surface area contributed by atoms with E-state index in [9.17, 15) is 5.26 Å². The molecule has 0 saturated heterocycles. The maximum Gasteiger partial charge on any atom is 0.240 e. The van der Waals surface area contributed by atoms with Crippen LogP contribution in [0.1, 0.15) is 23.2 Å². The van der Waals surface area contributed by atoms with Crippen molar-refractivity contribution >= 4 is 11.7 Å². The number of anilines is 1. The van der Waals surface area contributed by atoms with Gasteiger partial charge in [0.05, 0.1) is 11.9 Å². The van der Waals surface area contributed by atoms with Crippen molar-refractivity contribution in [1.29, 1.82) is 5.26 Å². The molecule has 4 rings (SSSR count). The highest BCUT2D eigenvalue weighted by molar-refractivity contribution is 5.94. The Bertz CT molecular complexity index is 1060. The van der Waals surface area contributed by atoms with Crippen LogP contribution in [0.5, 0.6) is 0 Å². The van der Waals surface area contributed by atoms with Gasteiger partial charge in [0.1, 0.15) is 17.5 Å². The largest absolute Gasteiger partial charge is 0.444 e. The van der Waals surface area contributed by atoms with Gasteiger partial charge in [-0.2, -0.15) is 5.26 Å². The number of rotatable bonds is 3. The first kappa shape index (κ1) is 16.5. The number of benzene rings is 1. The van der Waals surface area contributed by atoms with E-state index in [-0.39, 0.29) is 11.5 Å². The van der Waals surface area contributed by atoms with Gasteiger partial charge in [0.2, 0.25) is 12.1 Å². The third kappa shape index (κ3) is 3.02. The molecular formula is C19H15N7O. The van der Waals surface area contributed by atoms with Crippen molar-refractivity contribution in [1.82, 2.24) is 20.0 Å². The Labute approximate surface area is 155 Å². The van der Waals surface area contributed by atoms with E-state index < -0.39 is 6.23 Å². The minimum Gasteiger partial charge on any atom is -0.444 e. The van der Waals surface area contributed by atoms with Gasteiger partial charge < -0.3 is 10.5 Å². The second-order valence-electron chi connectivity index (χ2n) is 5.85. The van der Waals surface area contributed by atoms with E-state index in [2.05, 4.69) is 26.1 Å². The molecule has 2 N–H and O–H groups in total. The van der Waals surface area contributed by atoms with Crippen molar-refractivity contribution in [2.24, 2.45) is 5.10 Å². The first-order chi connectivity index (χ1) is 13.2. The van der Waals surface area contributed by atoms with E-state index in [0.717, 1.165) is 5.56 Å². The monoisotopic (exact) mass is 357 g/mol.